The van der Waals surface area contributed by atoms with E-state index in [0.717, 1.165) is 11.1 Å². The average molecular weight is 292 g/mol. The van der Waals surface area contributed by atoms with Gasteiger partial charge in [0.25, 0.3) is 0 Å². The zero-order chi connectivity index (χ0) is 15.4. The van der Waals surface area contributed by atoms with Gasteiger partial charge in [-0.1, -0.05) is 60.7 Å². The summed E-state index contributed by atoms with van der Waals surface area (Å²) in [5.41, 5.74) is 3.02. The smallest absolute Gasteiger partial charge is 0.342 e. The van der Waals surface area contributed by atoms with Gasteiger partial charge < -0.3 is 4.74 Å². The molecule has 0 fully saturated rings. The van der Waals surface area contributed by atoms with Crippen LogP contribution in [0, 0.1) is 6.92 Å². The van der Waals surface area contributed by atoms with Crippen LogP contribution >= 0.6 is 0 Å². The maximum Gasteiger partial charge on any atom is 0.342 e. The fourth-order valence-corrected chi connectivity index (χ4v) is 2.31. The molecule has 2 aromatic carbocycles. The highest BCUT2D eigenvalue weighted by molar-refractivity contribution is 5.90. The van der Waals surface area contributed by atoms with Crippen molar-refractivity contribution < 1.29 is 9.53 Å². The molecule has 1 heterocycles. The predicted octanol–water partition coefficient (Wildman–Crippen LogP) is 3.66. The van der Waals surface area contributed by atoms with Gasteiger partial charge in [-0.05, 0) is 18.1 Å². The minimum Gasteiger partial charge on any atom is -0.449 e. The Balaban J connectivity index is 1.93. The second kappa shape index (κ2) is 6.26. The third-order valence-electron chi connectivity index (χ3n) is 3.48. The van der Waals surface area contributed by atoms with Crippen LogP contribution in [0.2, 0.25) is 0 Å². The Kier molecular flexibility index (Phi) is 4.01. The number of carbonyl (C=O) groups is 1. The zero-order valence-corrected chi connectivity index (χ0v) is 12.2. The predicted molar refractivity (Wildman–Crippen MR) is 83.5 cm³/mol. The van der Waals surface area contributed by atoms with E-state index in [4.69, 9.17) is 4.74 Å². The number of carbonyl (C=O) groups excluding carboxylic acids is 1. The lowest BCUT2D eigenvalue weighted by molar-refractivity contribution is 0.0377. The van der Waals surface area contributed by atoms with Crippen LogP contribution in [0.5, 0.6) is 0 Å². The van der Waals surface area contributed by atoms with Crippen molar-refractivity contribution in [1.29, 1.82) is 0 Å². The number of ether oxygens (including phenoxy) is 1. The van der Waals surface area contributed by atoms with Crippen LogP contribution in [0.4, 0.5) is 0 Å². The molecule has 0 aliphatic heterocycles. The molecule has 4 nitrogen and oxygen atoms in total. The van der Waals surface area contributed by atoms with E-state index in [-0.39, 0.29) is 5.97 Å². The number of aromatic nitrogens is 2. The van der Waals surface area contributed by atoms with E-state index < -0.39 is 6.10 Å². The summed E-state index contributed by atoms with van der Waals surface area (Å²) in [5.74, 6) is -0.385. The standard InChI is InChI=1S/C18H16N2O2/c1-13-16(12-19-20-13)18(21)22-17(14-8-4-2-5-9-14)15-10-6-3-7-11-15/h2-12,17H,1H3,(H,19,20). The number of hydrogen-bond acceptors (Lipinski definition) is 3. The number of esters is 1. The van der Waals surface area contributed by atoms with Gasteiger partial charge in [0.1, 0.15) is 5.56 Å². The first kappa shape index (κ1) is 14.1. The first-order chi connectivity index (χ1) is 10.8. The summed E-state index contributed by atoms with van der Waals surface area (Å²) in [6.07, 6.45) is 1.05. The van der Waals surface area contributed by atoms with Crippen LogP contribution in [0.3, 0.4) is 0 Å². The Morgan fingerprint density at radius 1 is 1.00 bits per heavy atom. The second-order valence-corrected chi connectivity index (χ2v) is 5.02. The number of nitrogens with zero attached hydrogens (tertiary/aromatic N) is 1. The Morgan fingerprint density at radius 3 is 2.00 bits per heavy atom. The fraction of sp³-hybridized carbons (Fsp3) is 0.111. The number of nitrogens with one attached hydrogen (secondary N) is 1. The molecule has 0 unspecified atom stereocenters. The van der Waals surface area contributed by atoms with Gasteiger partial charge in [0.2, 0.25) is 0 Å². The molecule has 3 aromatic rings. The summed E-state index contributed by atoms with van der Waals surface area (Å²) < 4.78 is 5.75. The highest BCUT2D eigenvalue weighted by atomic mass is 16.5. The second-order valence-electron chi connectivity index (χ2n) is 5.02. The molecule has 1 aromatic heterocycles. The number of H-pyrrole nitrogens is 1. The van der Waals surface area contributed by atoms with Gasteiger partial charge >= 0.3 is 5.97 Å². The van der Waals surface area contributed by atoms with Crippen molar-refractivity contribution >= 4 is 5.97 Å². The summed E-state index contributed by atoms with van der Waals surface area (Å²) in [5, 5.41) is 6.62. The fourth-order valence-electron chi connectivity index (χ4n) is 2.31. The Hall–Kier alpha value is -2.88. The number of aryl methyl sites for hydroxylation is 1. The van der Waals surface area contributed by atoms with E-state index in [9.17, 15) is 4.79 Å². The molecule has 0 saturated heterocycles. The number of benzene rings is 2. The average Bonchev–Trinajstić information content (AvgIpc) is 3.00. The highest BCUT2D eigenvalue weighted by Crippen LogP contribution is 2.27. The van der Waals surface area contributed by atoms with Gasteiger partial charge in [-0.3, -0.25) is 5.10 Å². The quantitative estimate of drug-likeness (QED) is 0.746. The van der Waals surface area contributed by atoms with Crippen molar-refractivity contribution in [2.45, 2.75) is 13.0 Å². The number of aromatic amines is 1. The van der Waals surface area contributed by atoms with Crippen LogP contribution in [0.1, 0.15) is 33.3 Å². The first-order valence-corrected chi connectivity index (χ1v) is 7.06. The summed E-state index contributed by atoms with van der Waals surface area (Å²) in [6.45, 7) is 1.80. The first-order valence-electron chi connectivity index (χ1n) is 7.06. The van der Waals surface area contributed by atoms with Gasteiger partial charge in [-0.15, -0.1) is 0 Å². The SMILES string of the molecule is Cc1[nH]ncc1C(=O)OC(c1ccccc1)c1ccccc1. The molecule has 0 aliphatic rings. The molecular formula is C18H16N2O2. The van der Waals surface area contributed by atoms with E-state index in [2.05, 4.69) is 10.2 Å². The summed E-state index contributed by atoms with van der Waals surface area (Å²) in [4.78, 5) is 12.4. The van der Waals surface area contributed by atoms with E-state index in [0.29, 0.717) is 11.3 Å². The normalized spacial score (nSPS) is 10.6. The maximum absolute atomic E-state index is 12.4. The molecule has 0 atom stereocenters. The summed E-state index contributed by atoms with van der Waals surface area (Å²) in [7, 11) is 0. The minimum atomic E-state index is -0.441. The molecule has 3 rings (SSSR count). The van der Waals surface area contributed by atoms with Crippen LogP contribution < -0.4 is 0 Å². The Bertz CT molecular complexity index is 712. The van der Waals surface area contributed by atoms with Crippen molar-refractivity contribution in [2.24, 2.45) is 0 Å². The maximum atomic E-state index is 12.4. The summed E-state index contributed by atoms with van der Waals surface area (Å²) in [6, 6.07) is 19.4. The van der Waals surface area contributed by atoms with Gasteiger partial charge in [0, 0.05) is 5.69 Å². The van der Waals surface area contributed by atoms with Crippen molar-refractivity contribution in [3.05, 3.63) is 89.2 Å². The molecule has 0 amide bonds. The van der Waals surface area contributed by atoms with Crippen molar-refractivity contribution in [3.63, 3.8) is 0 Å². The molecule has 1 N–H and O–H groups in total. The lowest BCUT2D eigenvalue weighted by Crippen LogP contribution is -2.13. The molecule has 0 radical (unpaired) electrons. The Labute approximate surface area is 128 Å². The minimum absolute atomic E-state index is 0.385. The van der Waals surface area contributed by atoms with Crippen LogP contribution in [0.15, 0.2) is 66.9 Å². The van der Waals surface area contributed by atoms with Crippen LogP contribution in [-0.4, -0.2) is 16.2 Å². The molecule has 0 bridgehead atoms. The van der Waals surface area contributed by atoms with E-state index in [1.165, 1.54) is 6.20 Å². The van der Waals surface area contributed by atoms with Crippen molar-refractivity contribution in [2.75, 3.05) is 0 Å². The van der Waals surface area contributed by atoms with Gasteiger partial charge in [0.15, 0.2) is 6.10 Å². The molecular weight excluding hydrogens is 276 g/mol. The molecule has 110 valence electrons. The Morgan fingerprint density at radius 2 is 1.55 bits per heavy atom. The third kappa shape index (κ3) is 2.91. The van der Waals surface area contributed by atoms with Crippen LogP contribution in [0.25, 0.3) is 0 Å². The molecule has 0 aliphatic carbocycles. The van der Waals surface area contributed by atoms with Gasteiger partial charge in [0.05, 0.1) is 6.20 Å². The van der Waals surface area contributed by atoms with Crippen molar-refractivity contribution in [3.8, 4) is 0 Å². The molecule has 4 heteroatoms. The summed E-state index contributed by atoms with van der Waals surface area (Å²) >= 11 is 0. The topological polar surface area (TPSA) is 55.0 Å². The molecule has 0 saturated carbocycles. The van der Waals surface area contributed by atoms with Gasteiger partial charge in [-0.25, -0.2) is 4.79 Å². The van der Waals surface area contributed by atoms with Crippen molar-refractivity contribution in [1.82, 2.24) is 10.2 Å². The molecule has 0 spiro atoms. The third-order valence-corrected chi connectivity index (χ3v) is 3.48. The van der Waals surface area contributed by atoms with E-state index in [1.807, 2.05) is 60.7 Å². The number of rotatable bonds is 4. The molecule has 22 heavy (non-hydrogen) atoms. The highest BCUT2D eigenvalue weighted by Gasteiger charge is 2.21. The monoisotopic (exact) mass is 292 g/mol. The van der Waals surface area contributed by atoms with Gasteiger partial charge in [-0.2, -0.15) is 5.10 Å². The largest absolute Gasteiger partial charge is 0.449 e. The number of hydrogen-bond donors (Lipinski definition) is 1. The zero-order valence-electron chi connectivity index (χ0n) is 12.2. The lowest BCUT2D eigenvalue weighted by Gasteiger charge is -2.18. The lowest BCUT2D eigenvalue weighted by atomic mass is 10.0. The van der Waals surface area contributed by atoms with E-state index >= 15 is 0 Å². The van der Waals surface area contributed by atoms with E-state index in [1.54, 1.807) is 6.92 Å². The van der Waals surface area contributed by atoms with Crippen LogP contribution in [-0.2, 0) is 4.74 Å².